The Labute approximate surface area is 241 Å². The van der Waals surface area contributed by atoms with E-state index in [4.69, 9.17) is 9.47 Å². The van der Waals surface area contributed by atoms with E-state index in [2.05, 4.69) is 20.6 Å². The third-order valence-electron chi connectivity index (χ3n) is 6.44. The molecule has 5 rings (SSSR count). The summed E-state index contributed by atoms with van der Waals surface area (Å²) in [6.45, 7) is 5.30. The second kappa shape index (κ2) is 11.4. The van der Waals surface area contributed by atoms with Crippen LogP contribution in [0.15, 0.2) is 66.9 Å². The van der Waals surface area contributed by atoms with Gasteiger partial charge in [-0.05, 0) is 63.2 Å². The summed E-state index contributed by atoms with van der Waals surface area (Å²) in [5.74, 6) is -1.16. The van der Waals surface area contributed by atoms with Gasteiger partial charge < -0.3 is 25.1 Å². The van der Waals surface area contributed by atoms with Crippen molar-refractivity contribution in [1.29, 1.82) is 0 Å². The summed E-state index contributed by atoms with van der Waals surface area (Å²) in [6, 6.07) is 16.6. The van der Waals surface area contributed by atoms with Gasteiger partial charge in [0.2, 0.25) is 0 Å². The molecule has 4 aromatic rings. The van der Waals surface area contributed by atoms with Gasteiger partial charge in [0.1, 0.15) is 11.4 Å². The quantitative estimate of drug-likeness (QED) is 0.253. The number of hydrogen-bond acceptors (Lipinski definition) is 7. The molecular weight excluding hydrogens is 541 g/mol. The summed E-state index contributed by atoms with van der Waals surface area (Å²) >= 11 is 0. The van der Waals surface area contributed by atoms with E-state index in [0.717, 1.165) is 11.8 Å². The number of ether oxygens (including phenoxy) is 2. The average molecular weight is 572 g/mol. The molecule has 0 aliphatic carbocycles. The number of nitrogens with one attached hydrogen (secondary N) is 3. The van der Waals surface area contributed by atoms with E-state index in [1.54, 1.807) is 32.9 Å². The highest BCUT2D eigenvalue weighted by molar-refractivity contribution is 6.09. The number of carbonyl (C=O) groups excluding carboxylic acids is 3. The van der Waals surface area contributed by atoms with Crippen LogP contribution in [0.4, 0.5) is 26.4 Å². The van der Waals surface area contributed by atoms with Crippen molar-refractivity contribution in [1.82, 2.24) is 14.9 Å². The highest BCUT2D eigenvalue weighted by Crippen LogP contribution is 2.38. The molecular formula is C31H30FN5O5. The fraction of sp³-hybridized carbons (Fsp3) is 0.226. The summed E-state index contributed by atoms with van der Waals surface area (Å²) in [5.41, 5.74) is 2.97. The lowest BCUT2D eigenvalue weighted by Gasteiger charge is -2.29. The van der Waals surface area contributed by atoms with Gasteiger partial charge in [0.25, 0.3) is 5.91 Å². The molecule has 0 fully saturated rings. The fourth-order valence-electron chi connectivity index (χ4n) is 4.58. The third-order valence-corrected chi connectivity index (χ3v) is 6.44. The van der Waals surface area contributed by atoms with E-state index in [-0.39, 0.29) is 36.0 Å². The number of Topliss-reactive ketones (excluding diaryl/α,β-unsaturated/α-hetero) is 1. The number of methoxy groups -OCH3 is 1. The van der Waals surface area contributed by atoms with Crippen LogP contribution in [0, 0.1) is 5.82 Å². The first-order chi connectivity index (χ1) is 20.0. The summed E-state index contributed by atoms with van der Waals surface area (Å²) in [7, 11) is 1.32. The Bertz CT molecular complexity index is 1660. The molecule has 0 spiro atoms. The molecule has 0 bridgehead atoms. The van der Waals surface area contributed by atoms with Gasteiger partial charge in [-0.25, -0.2) is 14.2 Å². The molecule has 0 saturated heterocycles. The smallest absolute Gasteiger partial charge is 0.411 e. The zero-order valence-corrected chi connectivity index (χ0v) is 23.6. The van der Waals surface area contributed by atoms with Crippen molar-refractivity contribution >= 4 is 35.0 Å². The zero-order chi connectivity index (χ0) is 30.0. The van der Waals surface area contributed by atoms with Crippen LogP contribution in [0.2, 0.25) is 0 Å². The first-order valence-electron chi connectivity index (χ1n) is 13.2. The SMILES string of the molecule is COc1cc(C(=O)Nc2cc(-c3[nH]c4c(c3Nc3ccccc3)C(=O)CN(C(=O)OC(C)(C)C)C4)ccn2)ccc1F. The maximum Gasteiger partial charge on any atom is 0.411 e. The first-order valence-corrected chi connectivity index (χ1v) is 13.2. The molecule has 1 aliphatic rings. The molecule has 1 aliphatic heterocycles. The molecule has 0 radical (unpaired) electrons. The summed E-state index contributed by atoms with van der Waals surface area (Å²) in [4.78, 5) is 48.1. The molecule has 2 aromatic carbocycles. The van der Waals surface area contributed by atoms with Gasteiger partial charge in [0.05, 0.1) is 37.1 Å². The number of anilines is 3. The summed E-state index contributed by atoms with van der Waals surface area (Å²) in [5, 5.41) is 6.08. The van der Waals surface area contributed by atoms with Crippen molar-refractivity contribution in [3.8, 4) is 17.0 Å². The van der Waals surface area contributed by atoms with E-state index in [0.29, 0.717) is 28.2 Å². The minimum atomic E-state index is -0.710. The molecule has 42 heavy (non-hydrogen) atoms. The highest BCUT2D eigenvalue weighted by atomic mass is 19.1. The molecule has 3 heterocycles. The molecule has 0 unspecified atom stereocenters. The molecule has 0 saturated carbocycles. The van der Waals surface area contributed by atoms with Gasteiger partial charge in [-0.15, -0.1) is 0 Å². The monoisotopic (exact) mass is 571 g/mol. The number of rotatable bonds is 6. The summed E-state index contributed by atoms with van der Waals surface area (Å²) in [6.07, 6.45) is 0.943. The number of carbonyl (C=O) groups is 3. The highest BCUT2D eigenvalue weighted by Gasteiger charge is 2.34. The lowest BCUT2D eigenvalue weighted by atomic mass is 10.0. The molecule has 0 atom stereocenters. The van der Waals surface area contributed by atoms with Crippen LogP contribution >= 0.6 is 0 Å². The van der Waals surface area contributed by atoms with Crippen LogP contribution in [0.25, 0.3) is 11.3 Å². The van der Waals surface area contributed by atoms with Gasteiger partial charge in [-0.1, -0.05) is 18.2 Å². The van der Waals surface area contributed by atoms with E-state index in [9.17, 15) is 18.8 Å². The van der Waals surface area contributed by atoms with Gasteiger partial charge in [0.15, 0.2) is 17.3 Å². The van der Waals surface area contributed by atoms with Gasteiger partial charge in [-0.3, -0.25) is 14.5 Å². The molecule has 2 amide bonds. The zero-order valence-electron chi connectivity index (χ0n) is 23.6. The Morgan fingerprint density at radius 2 is 1.81 bits per heavy atom. The Hall–Kier alpha value is -5.19. The van der Waals surface area contributed by atoms with Crippen molar-refractivity contribution in [2.75, 3.05) is 24.3 Å². The number of benzene rings is 2. The van der Waals surface area contributed by atoms with E-state index >= 15 is 0 Å². The predicted molar refractivity (Wildman–Crippen MR) is 156 cm³/mol. The first kappa shape index (κ1) is 28.3. The number of fused-ring (bicyclic) bond motifs is 1. The lowest BCUT2D eigenvalue weighted by Crippen LogP contribution is -2.42. The number of aromatic amines is 1. The average Bonchev–Trinajstić information content (AvgIpc) is 3.31. The van der Waals surface area contributed by atoms with Crippen molar-refractivity contribution < 1.29 is 28.2 Å². The number of aromatic nitrogens is 2. The minimum absolute atomic E-state index is 0.0527. The van der Waals surface area contributed by atoms with E-state index < -0.39 is 23.4 Å². The van der Waals surface area contributed by atoms with E-state index in [1.165, 1.54) is 30.3 Å². The topological polar surface area (TPSA) is 126 Å². The number of para-hydroxylation sites is 1. The second-order valence-corrected chi connectivity index (χ2v) is 10.7. The van der Waals surface area contributed by atoms with Crippen LogP contribution in [0.1, 0.15) is 47.2 Å². The maximum absolute atomic E-state index is 13.8. The number of pyridine rings is 1. The van der Waals surface area contributed by atoms with Crippen LogP contribution < -0.4 is 15.4 Å². The standard InChI is InChI=1S/C31H30FN5O5/c1-31(2,3)42-30(40)37-16-22-26(23(38)17-37)28(34-20-8-6-5-7-9-20)27(35-22)18-12-13-33-25(15-18)36-29(39)19-10-11-21(32)24(14-19)41-4/h5-15,34-35H,16-17H2,1-4H3,(H,33,36,39). The molecule has 216 valence electrons. The van der Waals surface area contributed by atoms with Gasteiger partial charge in [0, 0.05) is 28.7 Å². The second-order valence-electron chi connectivity index (χ2n) is 10.7. The Balaban J connectivity index is 1.50. The van der Waals surface area contributed by atoms with Gasteiger partial charge >= 0.3 is 6.09 Å². The van der Waals surface area contributed by atoms with Gasteiger partial charge in [-0.2, -0.15) is 0 Å². The van der Waals surface area contributed by atoms with Crippen molar-refractivity contribution in [2.24, 2.45) is 0 Å². The maximum atomic E-state index is 13.8. The van der Waals surface area contributed by atoms with E-state index in [1.807, 2.05) is 30.3 Å². The van der Waals surface area contributed by atoms with Crippen molar-refractivity contribution in [3.05, 3.63) is 89.5 Å². The van der Waals surface area contributed by atoms with Crippen LogP contribution in [0.5, 0.6) is 5.75 Å². The largest absolute Gasteiger partial charge is 0.494 e. The molecule has 10 nitrogen and oxygen atoms in total. The fourth-order valence-corrected chi connectivity index (χ4v) is 4.58. The number of ketones is 1. The molecule has 2 aromatic heterocycles. The normalized spacial score (nSPS) is 12.9. The number of amides is 2. The third kappa shape index (κ3) is 6.09. The Kier molecular flexibility index (Phi) is 7.66. The Morgan fingerprint density at radius 1 is 1.05 bits per heavy atom. The number of nitrogens with zero attached hydrogens (tertiary/aromatic N) is 2. The minimum Gasteiger partial charge on any atom is -0.494 e. The van der Waals surface area contributed by atoms with Crippen LogP contribution in [-0.2, 0) is 11.3 Å². The van der Waals surface area contributed by atoms with Crippen molar-refractivity contribution in [3.63, 3.8) is 0 Å². The van der Waals surface area contributed by atoms with Crippen LogP contribution in [-0.4, -0.2) is 51.9 Å². The number of halogens is 1. The molecule has 3 N–H and O–H groups in total. The number of hydrogen-bond donors (Lipinski definition) is 3. The number of H-pyrrole nitrogens is 1. The molecule has 11 heteroatoms. The Morgan fingerprint density at radius 3 is 2.52 bits per heavy atom. The predicted octanol–water partition coefficient (Wildman–Crippen LogP) is 6.15. The van der Waals surface area contributed by atoms with Crippen LogP contribution in [0.3, 0.4) is 0 Å². The van der Waals surface area contributed by atoms with Crippen molar-refractivity contribution in [2.45, 2.75) is 32.9 Å². The lowest BCUT2D eigenvalue weighted by molar-refractivity contribution is 0.0218. The summed E-state index contributed by atoms with van der Waals surface area (Å²) < 4.78 is 24.3.